The second-order valence-electron chi connectivity index (χ2n) is 9.68. The van der Waals surface area contributed by atoms with Crippen molar-refractivity contribution in [3.63, 3.8) is 0 Å². The highest BCUT2D eigenvalue weighted by Crippen LogP contribution is 2.42. The van der Waals surface area contributed by atoms with Crippen LogP contribution in [0.2, 0.25) is 0 Å². The molecule has 6 nitrogen and oxygen atoms in total. The summed E-state index contributed by atoms with van der Waals surface area (Å²) in [4.78, 5) is 14.7. The van der Waals surface area contributed by atoms with Crippen molar-refractivity contribution in [3.8, 4) is 0 Å². The first-order valence-corrected chi connectivity index (χ1v) is 13.4. The zero-order valence-corrected chi connectivity index (χ0v) is 20.6. The van der Waals surface area contributed by atoms with Crippen LogP contribution in [-0.2, 0) is 6.54 Å². The van der Waals surface area contributed by atoms with Gasteiger partial charge < -0.3 is 14.6 Å². The van der Waals surface area contributed by atoms with E-state index in [1.165, 1.54) is 57.2 Å². The number of nitrogens with zero attached hydrogens (tertiary/aromatic N) is 4. The minimum atomic E-state index is 0.481. The molecule has 1 saturated carbocycles. The maximum atomic E-state index is 5.77. The van der Waals surface area contributed by atoms with Crippen LogP contribution in [0.15, 0.2) is 9.41 Å². The fraction of sp³-hybridized carbons (Fsp3) is 0.833. The molecule has 1 N–H and O–H groups in total. The Morgan fingerprint density at radius 1 is 1.19 bits per heavy atom. The monoisotopic (exact) mass is 447 g/mol. The summed E-state index contributed by atoms with van der Waals surface area (Å²) in [6, 6.07) is 0. The maximum Gasteiger partial charge on any atom is 0.208 e. The molecular weight excluding hydrogens is 406 g/mol. The first-order chi connectivity index (χ1) is 15.1. The Bertz CT molecular complexity index is 709. The van der Waals surface area contributed by atoms with Gasteiger partial charge in [-0.05, 0) is 65.5 Å². The van der Waals surface area contributed by atoms with E-state index in [9.17, 15) is 0 Å². The minimum absolute atomic E-state index is 0.481. The Labute approximate surface area is 192 Å². The van der Waals surface area contributed by atoms with E-state index in [1.54, 1.807) is 0 Å². The van der Waals surface area contributed by atoms with Crippen molar-refractivity contribution in [1.29, 1.82) is 0 Å². The smallest absolute Gasteiger partial charge is 0.208 e. The molecule has 1 aliphatic carbocycles. The highest BCUT2D eigenvalue weighted by molar-refractivity contribution is 8.00. The zero-order chi connectivity index (χ0) is 21.7. The Morgan fingerprint density at radius 2 is 1.97 bits per heavy atom. The summed E-state index contributed by atoms with van der Waals surface area (Å²) in [5.41, 5.74) is 1.02. The molecule has 2 aliphatic heterocycles. The topological polar surface area (TPSA) is 56.9 Å². The van der Waals surface area contributed by atoms with Gasteiger partial charge in [0.15, 0.2) is 5.96 Å². The molecule has 3 fully saturated rings. The molecule has 1 spiro atoms. The fourth-order valence-electron chi connectivity index (χ4n) is 5.29. The van der Waals surface area contributed by atoms with E-state index in [0.29, 0.717) is 10.7 Å². The molecule has 2 saturated heterocycles. The maximum absolute atomic E-state index is 5.77. The molecule has 174 valence electrons. The predicted molar refractivity (Wildman–Crippen MR) is 130 cm³/mol. The van der Waals surface area contributed by atoms with Crippen molar-refractivity contribution < 1.29 is 4.42 Å². The number of hydrogen-bond acceptors (Lipinski definition) is 5. The second kappa shape index (κ2) is 10.6. The molecule has 31 heavy (non-hydrogen) atoms. The number of likely N-dealkylation sites (tertiary alicyclic amines) is 1. The minimum Gasteiger partial charge on any atom is -0.444 e. The van der Waals surface area contributed by atoms with Crippen molar-refractivity contribution in [2.75, 3.05) is 45.0 Å². The Kier molecular flexibility index (Phi) is 7.86. The summed E-state index contributed by atoms with van der Waals surface area (Å²) < 4.78 is 6.26. The molecule has 3 heterocycles. The molecule has 0 unspecified atom stereocenters. The third kappa shape index (κ3) is 5.98. The average molecular weight is 448 g/mol. The van der Waals surface area contributed by atoms with Gasteiger partial charge in [0.05, 0.1) is 12.2 Å². The normalized spacial score (nSPS) is 23.5. The number of guanidine groups is 1. The largest absolute Gasteiger partial charge is 0.444 e. The first kappa shape index (κ1) is 23.0. The van der Waals surface area contributed by atoms with Crippen molar-refractivity contribution in [2.45, 2.75) is 77.0 Å². The van der Waals surface area contributed by atoms with E-state index in [4.69, 9.17) is 9.41 Å². The molecule has 0 bridgehead atoms. The number of nitrogens with one attached hydrogen (secondary N) is 1. The predicted octanol–water partition coefficient (Wildman–Crippen LogP) is 4.22. The van der Waals surface area contributed by atoms with Crippen LogP contribution in [0.25, 0.3) is 0 Å². The summed E-state index contributed by atoms with van der Waals surface area (Å²) in [5.74, 6) is 4.88. The number of oxazole rings is 1. The lowest BCUT2D eigenvalue weighted by molar-refractivity contribution is 0.166. The van der Waals surface area contributed by atoms with Gasteiger partial charge in [0.25, 0.3) is 0 Å². The first-order valence-electron chi connectivity index (χ1n) is 12.4. The molecular formula is C24H41N5OS. The molecule has 0 radical (unpaired) electrons. The lowest BCUT2D eigenvalue weighted by Gasteiger charge is -2.45. The Morgan fingerprint density at radius 3 is 2.65 bits per heavy atom. The van der Waals surface area contributed by atoms with Crippen LogP contribution < -0.4 is 5.32 Å². The summed E-state index contributed by atoms with van der Waals surface area (Å²) in [5, 5.41) is 3.60. The van der Waals surface area contributed by atoms with Crippen molar-refractivity contribution in [3.05, 3.63) is 17.3 Å². The van der Waals surface area contributed by atoms with E-state index in [1.807, 2.05) is 13.8 Å². The van der Waals surface area contributed by atoms with Crippen LogP contribution in [-0.4, -0.2) is 70.5 Å². The quantitative estimate of drug-likeness (QED) is 0.539. The van der Waals surface area contributed by atoms with E-state index in [2.05, 4.69) is 38.8 Å². The van der Waals surface area contributed by atoms with Crippen molar-refractivity contribution in [2.24, 2.45) is 10.9 Å². The van der Waals surface area contributed by atoms with Crippen molar-refractivity contribution >= 4 is 17.7 Å². The summed E-state index contributed by atoms with van der Waals surface area (Å²) >= 11 is 2.23. The van der Waals surface area contributed by atoms with Crippen LogP contribution in [0.1, 0.15) is 69.2 Å². The van der Waals surface area contributed by atoms with E-state index < -0.39 is 0 Å². The van der Waals surface area contributed by atoms with Crippen LogP contribution in [0.4, 0.5) is 0 Å². The summed E-state index contributed by atoms with van der Waals surface area (Å²) in [7, 11) is 0. The Balaban J connectivity index is 1.28. The van der Waals surface area contributed by atoms with Gasteiger partial charge in [0.1, 0.15) is 5.76 Å². The van der Waals surface area contributed by atoms with Gasteiger partial charge in [0, 0.05) is 36.7 Å². The molecule has 3 aliphatic rings. The van der Waals surface area contributed by atoms with Gasteiger partial charge in [-0.3, -0.25) is 9.89 Å². The molecule has 7 heteroatoms. The highest BCUT2D eigenvalue weighted by atomic mass is 32.2. The number of hydrogen-bond donors (Lipinski definition) is 1. The SMILES string of the molecule is CCNC(=NCC1CCN(Cc2nc(C)c(C)o2)CC1)N1CCSC2(CCCCC2)C1. The number of piperidine rings is 1. The molecule has 1 aromatic heterocycles. The lowest BCUT2D eigenvalue weighted by Crippen LogP contribution is -2.53. The van der Waals surface area contributed by atoms with E-state index in [0.717, 1.165) is 62.6 Å². The van der Waals surface area contributed by atoms with E-state index in [-0.39, 0.29) is 0 Å². The molecule has 1 aromatic rings. The number of aromatic nitrogens is 1. The lowest BCUT2D eigenvalue weighted by atomic mass is 9.87. The second-order valence-corrected chi connectivity index (χ2v) is 11.2. The number of aliphatic imine (C=N–C) groups is 1. The molecule has 0 amide bonds. The summed E-state index contributed by atoms with van der Waals surface area (Å²) in [6.45, 7) is 13.5. The molecule has 0 aromatic carbocycles. The zero-order valence-electron chi connectivity index (χ0n) is 19.8. The van der Waals surface area contributed by atoms with Gasteiger partial charge in [-0.1, -0.05) is 19.3 Å². The van der Waals surface area contributed by atoms with Crippen LogP contribution in [0.3, 0.4) is 0 Å². The molecule has 0 atom stereocenters. The highest BCUT2D eigenvalue weighted by Gasteiger charge is 2.38. The van der Waals surface area contributed by atoms with Gasteiger partial charge >= 0.3 is 0 Å². The Hall–Kier alpha value is -1.21. The van der Waals surface area contributed by atoms with Crippen LogP contribution in [0, 0.1) is 19.8 Å². The van der Waals surface area contributed by atoms with Gasteiger partial charge in [-0.25, -0.2) is 4.98 Å². The van der Waals surface area contributed by atoms with Gasteiger partial charge in [-0.2, -0.15) is 11.8 Å². The van der Waals surface area contributed by atoms with Crippen LogP contribution >= 0.6 is 11.8 Å². The number of rotatable bonds is 5. The average Bonchev–Trinajstić information content (AvgIpc) is 3.09. The third-order valence-electron chi connectivity index (χ3n) is 7.29. The van der Waals surface area contributed by atoms with Crippen molar-refractivity contribution in [1.82, 2.24) is 20.1 Å². The van der Waals surface area contributed by atoms with E-state index >= 15 is 0 Å². The summed E-state index contributed by atoms with van der Waals surface area (Å²) in [6.07, 6.45) is 9.41. The molecule has 4 rings (SSSR count). The number of thioether (sulfide) groups is 1. The fourth-order valence-corrected chi connectivity index (χ4v) is 6.86. The van der Waals surface area contributed by atoms with Gasteiger partial charge in [-0.15, -0.1) is 0 Å². The third-order valence-corrected chi connectivity index (χ3v) is 8.82. The number of aryl methyl sites for hydroxylation is 2. The standard InChI is InChI=1S/C24H41N5OS/c1-4-25-23(29-14-15-31-24(18-29)10-6-5-7-11-24)26-16-21-8-12-28(13-9-21)17-22-27-19(2)20(3)30-22/h21H,4-18H2,1-3H3,(H,25,26). The van der Waals surface area contributed by atoms with Gasteiger partial charge in [0.2, 0.25) is 5.89 Å². The van der Waals surface area contributed by atoms with Crippen LogP contribution in [0.5, 0.6) is 0 Å².